The predicted octanol–water partition coefficient (Wildman–Crippen LogP) is 4.98. The molecule has 0 aliphatic carbocycles. The third-order valence-corrected chi connectivity index (χ3v) is 6.55. The van der Waals surface area contributed by atoms with Crippen molar-refractivity contribution in [2.45, 2.75) is 24.7 Å². The number of hydrogen-bond donors (Lipinski definition) is 2. The Morgan fingerprint density at radius 3 is 2.43 bits per heavy atom. The number of aryl methyl sites for hydroxylation is 1. The van der Waals surface area contributed by atoms with Crippen molar-refractivity contribution in [1.82, 2.24) is 5.32 Å². The minimum Gasteiger partial charge on any atom is -0.351 e. The van der Waals surface area contributed by atoms with Gasteiger partial charge < -0.3 is 5.32 Å². The summed E-state index contributed by atoms with van der Waals surface area (Å²) in [5.74, 6) is -0.241. The quantitative estimate of drug-likeness (QED) is 0.541. The SMILES string of the molecule is Cc1cccc(NS(=O)(=O)c2cc(C(=O)NC[C@@H](C)c3ccccc3)ccc2Cl)c1. The molecular formula is C23H23ClN2O3S. The van der Waals surface area contributed by atoms with E-state index >= 15 is 0 Å². The van der Waals surface area contributed by atoms with E-state index in [9.17, 15) is 13.2 Å². The minimum atomic E-state index is -3.95. The van der Waals surface area contributed by atoms with Crippen LogP contribution < -0.4 is 10.0 Å². The van der Waals surface area contributed by atoms with Gasteiger partial charge >= 0.3 is 0 Å². The van der Waals surface area contributed by atoms with Gasteiger partial charge in [0.25, 0.3) is 15.9 Å². The maximum Gasteiger partial charge on any atom is 0.263 e. The van der Waals surface area contributed by atoms with Crippen LogP contribution in [-0.4, -0.2) is 20.9 Å². The molecule has 0 aliphatic heterocycles. The summed E-state index contributed by atoms with van der Waals surface area (Å²) in [7, 11) is -3.95. The Morgan fingerprint density at radius 1 is 1.00 bits per heavy atom. The van der Waals surface area contributed by atoms with Crippen LogP contribution >= 0.6 is 11.6 Å². The van der Waals surface area contributed by atoms with Crippen LogP contribution in [0.5, 0.6) is 0 Å². The fraction of sp³-hybridized carbons (Fsp3) is 0.174. The van der Waals surface area contributed by atoms with Gasteiger partial charge in [0.05, 0.1) is 5.02 Å². The van der Waals surface area contributed by atoms with Crippen molar-refractivity contribution in [2.24, 2.45) is 0 Å². The summed E-state index contributed by atoms with van der Waals surface area (Å²) < 4.78 is 28.2. The van der Waals surface area contributed by atoms with Crippen molar-refractivity contribution in [2.75, 3.05) is 11.3 Å². The van der Waals surface area contributed by atoms with Crippen LogP contribution in [0.4, 0.5) is 5.69 Å². The lowest BCUT2D eigenvalue weighted by atomic mass is 10.0. The average molecular weight is 443 g/mol. The molecule has 0 heterocycles. The molecule has 1 atom stereocenters. The van der Waals surface area contributed by atoms with E-state index in [4.69, 9.17) is 11.6 Å². The molecule has 0 saturated heterocycles. The molecule has 1 amide bonds. The van der Waals surface area contributed by atoms with E-state index in [-0.39, 0.29) is 27.3 Å². The Hall–Kier alpha value is -2.83. The zero-order chi connectivity index (χ0) is 21.7. The van der Waals surface area contributed by atoms with E-state index in [1.54, 1.807) is 18.2 Å². The Morgan fingerprint density at radius 2 is 1.73 bits per heavy atom. The van der Waals surface area contributed by atoms with Gasteiger partial charge in [-0.1, -0.05) is 61.0 Å². The average Bonchev–Trinajstić information content (AvgIpc) is 2.72. The van der Waals surface area contributed by atoms with Gasteiger partial charge in [0, 0.05) is 17.8 Å². The number of carbonyl (C=O) groups is 1. The van der Waals surface area contributed by atoms with Crippen molar-refractivity contribution in [1.29, 1.82) is 0 Å². The molecule has 30 heavy (non-hydrogen) atoms. The number of hydrogen-bond acceptors (Lipinski definition) is 3. The summed E-state index contributed by atoms with van der Waals surface area (Å²) in [5, 5.41) is 2.90. The number of carbonyl (C=O) groups excluding carboxylic acids is 1. The summed E-state index contributed by atoms with van der Waals surface area (Å²) in [6.07, 6.45) is 0. The van der Waals surface area contributed by atoms with Crippen molar-refractivity contribution >= 4 is 33.2 Å². The highest BCUT2D eigenvalue weighted by Crippen LogP contribution is 2.25. The first-order chi connectivity index (χ1) is 14.3. The Balaban J connectivity index is 1.76. The van der Waals surface area contributed by atoms with Gasteiger partial charge in [0.1, 0.15) is 4.90 Å². The van der Waals surface area contributed by atoms with Gasteiger partial charge in [-0.15, -0.1) is 0 Å². The molecule has 5 nitrogen and oxygen atoms in total. The van der Waals surface area contributed by atoms with Crippen molar-refractivity contribution in [3.05, 3.63) is 94.5 Å². The second-order valence-corrected chi connectivity index (χ2v) is 9.20. The fourth-order valence-electron chi connectivity index (χ4n) is 3.02. The summed E-state index contributed by atoms with van der Waals surface area (Å²) in [4.78, 5) is 12.5. The molecule has 0 radical (unpaired) electrons. The topological polar surface area (TPSA) is 75.3 Å². The summed E-state index contributed by atoms with van der Waals surface area (Å²) in [6.45, 7) is 4.31. The van der Waals surface area contributed by atoms with Gasteiger partial charge in [0.15, 0.2) is 0 Å². The maximum atomic E-state index is 12.8. The first-order valence-electron chi connectivity index (χ1n) is 9.48. The first kappa shape index (κ1) is 21.9. The highest BCUT2D eigenvalue weighted by atomic mass is 35.5. The van der Waals surface area contributed by atoms with Crippen LogP contribution in [0.2, 0.25) is 5.02 Å². The van der Waals surface area contributed by atoms with Gasteiger partial charge in [-0.2, -0.15) is 0 Å². The van der Waals surface area contributed by atoms with E-state index in [0.717, 1.165) is 11.1 Å². The van der Waals surface area contributed by atoms with E-state index in [2.05, 4.69) is 10.0 Å². The lowest BCUT2D eigenvalue weighted by Crippen LogP contribution is -2.27. The molecule has 0 unspecified atom stereocenters. The van der Waals surface area contributed by atoms with Gasteiger partial charge in [-0.3, -0.25) is 9.52 Å². The van der Waals surface area contributed by atoms with Crippen LogP contribution in [0.25, 0.3) is 0 Å². The smallest absolute Gasteiger partial charge is 0.263 e. The lowest BCUT2D eigenvalue weighted by Gasteiger charge is -2.14. The largest absolute Gasteiger partial charge is 0.351 e. The Labute approximate surface area is 182 Å². The minimum absolute atomic E-state index is 0.0457. The van der Waals surface area contributed by atoms with Crippen LogP contribution in [-0.2, 0) is 10.0 Å². The van der Waals surface area contributed by atoms with Crippen molar-refractivity contribution in [3.8, 4) is 0 Å². The van der Waals surface area contributed by atoms with Crippen molar-refractivity contribution in [3.63, 3.8) is 0 Å². The molecule has 7 heteroatoms. The van der Waals surface area contributed by atoms with Crippen LogP contribution in [0.15, 0.2) is 77.7 Å². The number of sulfonamides is 1. The van der Waals surface area contributed by atoms with Crippen LogP contribution in [0.3, 0.4) is 0 Å². The molecule has 0 saturated carbocycles. The lowest BCUT2D eigenvalue weighted by molar-refractivity contribution is 0.0951. The van der Waals surface area contributed by atoms with E-state index in [1.165, 1.54) is 18.2 Å². The molecular weight excluding hydrogens is 420 g/mol. The second kappa shape index (κ2) is 9.32. The molecule has 3 rings (SSSR count). The monoisotopic (exact) mass is 442 g/mol. The van der Waals surface area contributed by atoms with E-state index < -0.39 is 10.0 Å². The molecule has 0 aliphatic rings. The highest BCUT2D eigenvalue weighted by Gasteiger charge is 2.21. The van der Waals surface area contributed by atoms with E-state index in [1.807, 2.05) is 50.2 Å². The third kappa shape index (κ3) is 5.40. The zero-order valence-corrected chi connectivity index (χ0v) is 18.3. The molecule has 0 spiro atoms. The number of nitrogens with one attached hydrogen (secondary N) is 2. The number of benzene rings is 3. The summed E-state index contributed by atoms with van der Waals surface area (Å²) >= 11 is 6.14. The molecule has 0 bridgehead atoms. The van der Waals surface area contributed by atoms with Gasteiger partial charge in [-0.05, 0) is 54.3 Å². The normalized spacial score (nSPS) is 12.2. The van der Waals surface area contributed by atoms with Crippen LogP contribution in [0, 0.1) is 6.92 Å². The maximum absolute atomic E-state index is 12.8. The summed E-state index contributed by atoms with van der Waals surface area (Å²) in [6, 6.07) is 21.1. The molecule has 0 aromatic heterocycles. The van der Waals surface area contributed by atoms with Crippen molar-refractivity contribution < 1.29 is 13.2 Å². The van der Waals surface area contributed by atoms with Gasteiger partial charge in [0.2, 0.25) is 0 Å². The fourth-order valence-corrected chi connectivity index (χ4v) is 4.59. The van der Waals surface area contributed by atoms with Gasteiger partial charge in [-0.25, -0.2) is 8.42 Å². The Bertz CT molecular complexity index is 1150. The number of halogens is 1. The zero-order valence-electron chi connectivity index (χ0n) is 16.7. The molecule has 3 aromatic carbocycles. The predicted molar refractivity (Wildman–Crippen MR) is 121 cm³/mol. The molecule has 0 fully saturated rings. The molecule has 156 valence electrons. The number of amides is 1. The Kier molecular flexibility index (Phi) is 6.80. The van der Waals surface area contributed by atoms with Crippen LogP contribution in [0.1, 0.15) is 34.3 Å². The molecule has 3 aromatic rings. The second-order valence-electron chi connectivity index (χ2n) is 7.14. The number of rotatable bonds is 7. The molecule has 2 N–H and O–H groups in total. The first-order valence-corrected chi connectivity index (χ1v) is 11.3. The third-order valence-electron chi connectivity index (χ3n) is 4.69. The number of anilines is 1. The summed E-state index contributed by atoms with van der Waals surface area (Å²) in [5.41, 5.74) is 2.68. The van der Waals surface area contributed by atoms with E-state index in [0.29, 0.717) is 12.2 Å². The standard InChI is InChI=1S/C23H23ClN2O3S/c1-16-7-6-10-20(13-16)26-30(28,29)22-14-19(11-12-21(22)24)23(27)25-15-17(2)18-8-4-3-5-9-18/h3-14,17,26H,15H2,1-2H3,(H,25,27)/t17-/m1/s1. The highest BCUT2D eigenvalue weighted by molar-refractivity contribution is 7.92.